The lowest BCUT2D eigenvalue weighted by Crippen LogP contribution is -2.34. The number of halogens is 1. The highest BCUT2D eigenvalue weighted by Crippen LogP contribution is 2.26. The van der Waals surface area contributed by atoms with Gasteiger partial charge in [0.2, 0.25) is 0 Å². The van der Waals surface area contributed by atoms with Crippen molar-refractivity contribution in [2.24, 2.45) is 5.92 Å². The van der Waals surface area contributed by atoms with Gasteiger partial charge in [0, 0.05) is 17.1 Å². The van der Waals surface area contributed by atoms with Gasteiger partial charge >= 0.3 is 0 Å². The van der Waals surface area contributed by atoms with Crippen LogP contribution in [0.2, 0.25) is 0 Å². The molecule has 1 aromatic rings. The van der Waals surface area contributed by atoms with E-state index in [-0.39, 0.29) is 0 Å². The SMILES string of the molecule is C[C@H](NCc1ccccc1Br)C1CCCCC1. The zero-order chi connectivity index (χ0) is 12.1. The van der Waals surface area contributed by atoms with Gasteiger partial charge in [-0.25, -0.2) is 0 Å². The summed E-state index contributed by atoms with van der Waals surface area (Å²) in [6, 6.07) is 9.11. The van der Waals surface area contributed by atoms with Crippen LogP contribution in [0.15, 0.2) is 28.7 Å². The molecule has 1 aliphatic carbocycles. The van der Waals surface area contributed by atoms with Crippen molar-refractivity contribution in [2.45, 2.75) is 51.6 Å². The fourth-order valence-corrected chi connectivity index (χ4v) is 3.14. The number of hydrogen-bond acceptors (Lipinski definition) is 1. The van der Waals surface area contributed by atoms with E-state index in [1.807, 2.05) is 0 Å². The molecule has 2 rings (SSSR count). The van der Waals surface area contributed by atoms with Crippen LogP contribution in [0, 0.1) is 5.92 Å². The Morgan fingerprint density at radius 2 is 1.94 bits per heavy atom. The van der Waals surface area contributed by atoms with Crippen LogP contribution in [-0.2, 0) is 6.54 Å². The van der Waals surface area contributed by atoms with E-state index < -0.39 is 0 Å². The van der Waals surface area contributed by atoms with Crippen molar-refractivity contribution in [1.82, 2.24) is 5.32 Å². The molecule has 17 heavy (non-hydrogen) atoms. The predicted molar refractivity (Wildman–Crippen MR) is 77.0 cm³/mol. The van der Waals surface area contributed by atoms with Gasteiger partial charge < -0.3 is 5.32 Å². The van der Waals surface area contributed by atoms with Crippen LogP contribution >= 0.6 is 15.9 Å². The normalized spacial score (nSPS) is 19.2. The van der Waals surface area contributed by atoms with Gasteiger partial charge in [0.1, 0.15) is 0 Å². The van der Waals surface area contributed by atoms with Gasteiger partial charge in [-0.1, -0.05) is 53.4 Å². The molecule has 1 atom stereocenters. The van der Waals surface area contributed by atoms with Crippen molar-refractivity contribution < 1.29 is 0 Å². The van der Waals surface area contributed by atoms with Crippen molar-refractivity contribution >= 4 is 15.9 Å². The summed E-state index contributed by atoms with van der Waals surface area (Å²) in [6.45, 7) is 3.31. The lowest BCUT2D eigenvalue weighted by molar-refractivity contribution is 0.280. The maximum atomic E-state index is 3.68. The Morgan fingerprint density at radius 3 is 2.65 bits per heavy atom. The summed E-state index contributed by atoms with van der Waals surface area (Å²) in [6.07, 6.45) is 7.10. The number of benzene rings is 1. The summed E-state index contributed by atoms with van der Waals surface area (Å²) < 4.78 is 1.21. The van der Waals surface area contributed by atoms with Crippen molar-refractivity contribution in [1.29, 1.82) is 0 Å². The van der Waals surface area contributed by atoms with Crippen molar-refractivity contribution in [3.8, 4) is 0 Å². The minimum Gasteiger partial charge on any atom is -0.310 e. The Hall–Kier alpha value is -0.340. The first-order valence-corrected chi connectivity index (χ1v) is 7.53. The molecular formula is C15H22BrN. The van der Waals surface area contributed by atoms with Crippen LogP contribution in [0.5, 0.6) is 0 Å². The second-order valence-corrected chi connectivity index (χ2v) is 6.01. The second kappa shape index (κ2) is 6.55. The lowest BCUT2D eigenvalue weighted by atomic mass is 9.84. The summed E-state index contributed by atoms with van der Waals surface area (Å²) >= 11 is 3.60. The first kappa shape index (κ1) is 13.1. The lowest BCUT2D eigenvalue weighted by Gasteiger charge is -2.28. The average Bonchev–Trinajstić information content (AvgIpc) is 2.38. The molecule has 1 saturated carbocycles. The topological polar surface area (TPSA) is 12.0 Å². The fourth-order valence-electron chi connectivity index (χ4n) is 2.71. The van der Waals surface area contributed by atoms with Crippen LogP contribution in [0.3, 0.4) is 0 Å². The fraction of sp³-hybridized carbons (Fsp3) is 0.600. The number of hydrogen-bond donors (Lipinski definition) is 1. The third-order valence-corrected chi connectivity index (χ3v) is 4.70. The Balaban J connectivity index is 1.83. The monoisotopic (exact) mass is 295 g/mol. The van der Waals surface area contributed by atoms with E-state index in [0.717, 1.165) is 12.5 Å². The minimum atomic E-state index is 0.641. The molecule has 0 aromatic heterocycles. The quantitative estimate of drug-likeness (QED) is 0.862. The number of rotatable bonds is 4. The summed E-state index contributed by atoms with van der Waals surface area (Å²) in [7, 11) is 0. The Labute approximate surface area is 113 Å². The van der Waals surface area contributed by atoms with Crippen LogP contribution in [0.4, 0.5) is 0 Å². The maximum Gasteiger partial charge on any atom is 0.0220 e. The Morgan fingerprint density at radius 1 is 1.24 bits per heavy atom. The van der Waals surface area contributed by atoms with E-state index in [9.17, 15) is 0 Å². The molecule has 94 valence electrons. The second-order valence-electron chi connectivity index (χ2n) is 5.16. The predicted octanol–water partition coefficient (Wildman–Crippen LogP) is 4.51. The van der Waals surface area contributed by atoms with Gasteiger partial charge in [0.05, 0.1) is 0 Å². The molecule has 0 heterocycles. The van der Waals surface area contributed by atoms with E-state index in [1.165, 1.54) is 42.1 Å². The highest BCUT2D eigenvalue weighted by molar-refractivity contribution is 9.10. The highest BCUT2D eigenvalue weighted by atomic mass is 79.9. The molecule has 1 aromatic carbocycles. The van der Waals surface area contributed by atoms with Crippen molar-refractivity contribution in [2.75, 3.05) is 0 Å². The molecular weight excluding hydrogens is 274 g/mol. The van der Waals surface area contributed by atoms with E-state index in [4.69, 9.17) is 0 Å². The van der Waals surface area contributed by atoms with Crippen LogP contribution in [-0.4, -0.2) is 6.04 Å². The average molecular weight is 296 g/mol. The molecule has 0 radical (unpaired) electrons. The van der Waals surface area contributed by atoms with E-state index in [1.54, 1.807) is 0 Å². The zero-order valence-electron chi connectivity index (χ0n) is 10.6. The molecule has 1 N–H and O–H groups in total. The van der Waals surface area contributed by atoms with Crippen molar-refractivity contribution in [3.05, 3.63) is 34.3 Å². The van der Waals surface area contributed by atoms with E-state index >= 15 is 0 Å². The third kappa shape index (κ3) is 3.82. The first-order chi connectivity index (χ1) is 8.27. The molecule has 0 amide bonds. The smallest absolute Gasteiger partial charge is 0.0220 e. The van der Waals surface area contributed by atoms with Gasteiger partial charge in [-0.3, -0.25) is 0 Å². The summed E-state index contributed by atoms with van der Waals surface area (Å²) in [5.74, 6) is 0.881. The largest absolute Gasteiger partial charge is 0.310 e. The minimum absolute atomic E-state index is 0.641. The highest BCUT2D eigenvalue weighted by Gasteiger charge is 2.19. The van der Waals surface area contributed by atoms with E-state index in [0.29, 0.717) is 6.04 Å². The first-order valence-electron chi connectivity index (χ1n) is 6.74. The molecule has 0 spiro atoms. The molecule has 0 unspecified atom stereocenters. The molecule has 1 fully saturated rings. The van der Waals surface area contributed by atoms with Crippen LogP contribution in [0.1, 0.15) is 44.6 Å². The molecule has 1 aliphatic rings. The standard InChI is InChI=1S/C15H22BrN/c1-12(13-7-3-2-4-8-13)17-11-14-9-5-6-10-15(14)16/h5-6,9-10,12-13,17H,2-4,7-8,11H2,1H3/t12-/m0/s1. The van der Waals surface area contributed by atoms with Gasteiger partial charge in [-0.05, 0) is 37.3 Å². The van der Waals surface area contributed by atoms with Gasteiger partial charge in [-0.15, -0.1) is 0 Å². The molecule has 0 aliphatic heterocycles. The summed E-state index contributed by atoms with van der Waals surface area (Å²) in [4.78, 5) is 0. The summed E-state index contributed by atoms with van der Waals surface area (Å²) in [5, 5.41) is 3.68. The van der Waals surface area contributed by atoms with Gasteiger partial charge in [0.15, 0.2) is 0 Å². The van der Waals surface area contributed by atoms with Gasteiger partial charge in [0.25, 0.3) is 0 Å². The van der Waals surface area contributed by atoms with Gasteiger partial charge in [-0.2, -0.15) is 0 Å². The third-order valence-electron chi connectivity index (χ3n) is 3.93. The Bertz CT molecular complexity index is 345. The molecule has 1 nitrogen and oxygen atoms in total. The van der Waals surface area contributed by atoms with E-state index in [2.05, 4.69) is 52.4 Å². The molecule has 2 heteroatoms. The van der Waals surface area contributed by atoms with Crippen molar-refractivity contribution in [3.63, 3.8) is 0 Å². The molecule has 0 saturated heterocycles. The zero-order valence-corrected chi connectivity index (χ0v) is 12.2. The Kier molecular flexibility index (Phi) is 5.05. The summed E-state index contributed by atoms with van der Waals surface area (Å²) in [5.41, 5.74) is 1.36. The van der Waals surface area contributed by atoms with Crippen LogP contribution < -0.4 is 5.32 Å². The molecule has 0 bridgehead atoms. The van der Waals surface area contributed by atoms with Crippen LogP contribution in [0.25, 0.3) is 0 Å². The maximum absolute atomic E-state index is 3.68. The number of nitrogens with one attached hydrogen (secondary N) is 1.